The molecule has 0 radical (unpaired) electrons. The smallest absolute Gasteiger partial charge is 0.268 e. The van der Waals surface area contributed by atoms with Crippen molar-refractivity contribution >= 4 is 26.8 Å². The van der Waals surface area contributed by atoms with Crippen LogP contribution in [0.3, 0.4) is 0 Å². The van der Waals surface area contributed by atoms with E-state index in [0.29, 0.717) is 24.7 Å². The van der Waals surface area contributed by atoms with Gasteiger partial charge in [0.15, 0.2) is 0 Å². The molecule has 24 heavy (non-hydrogen) atoms. The third kappa shape index (κ3) is 3.22. The van der Waals surface area contributed by atoms with Crippen LogP contribution in [-0.4, -0.2) is 16.0 Å². The van der Waals surface area contributed by atoms with E-state index in [-0.39, 0.29) is 12.8 Å². The van der Waals surface area contributed by atoms with E-state index in [1.807, 2.05) is 12.1 Å². The Kier molecular flexibility index (Phi) is 4.14. The van der Waals surface area contributed by atoms with Crippen molar-refractivity contribution in [3.63, 3.8) is 0 Å². The van der Waals surface area contributed by atoms with Crippen molar-refractivity contribution < 1.29 is 13.2 Å². The Morgan fingerprint density at radius 3 is 2.42 bits per heavy atom. The van der Waals surface area contributed by atoms with E-state index < -0.39 is 12.1 Å². The van der Waals surface area contributed by atoms with E-state index in [4.69, 9.17) is 5.10 Å². The van der Waals surface area contributed by atoms with Crippen LogP contribution >= 0.6 is 15.9 Å². The monoisotopic (exact) mass is 400 g/mol. The lowest BCUT2D eigenvalue weighted by Gasteiger charge is -2.30. The second kappa shape index (κ2) is 6.04. The van der Waals surface area contributed by atoms with Crippen molar-refractivity contribution in [2.24, 2.45) is 11.8 Å². The van der Waals surface area contributed by atoms with Gasteiger partial charge in [0, 0.05) is 28.0 Å². The molecule has 0 amide bonds. The molecule has 1 aromatic carbocycles. The fourth-order valence-electron chi connectivity index (χ4n) is 3.97. The van der Waals surface area contributed by atoms with Gasteiger partial charge in [0.25, 0.3) is 0 Å². The molecule has 0 bridgehead atoms. The van der Waals surface area contributed by atoms with Crippen molar-refractivity contribution in [3.8, 4) is 0 Å². The van der Waals surface area contributed by atoms with Crippen molar-refractivity contribution in [2.75, 3.05) is 0 Å². The second-order valence-electron chi connectivity index (χ2n) is 7.26. The van der Waals surface area contributed by atoms with Crippen molar-refractivity contribution in [3.05, 3.63) is 28.4 Å². The first-order valence-corrected chi connectivity index (χ1v) is 9.44. The Hall–Kier alpha value is -1.04. The number of rotatable bonds is 3. The fourth-order valence-corrected chi connectivity index (χ4v) is 4.32. The first kappa shape index (κ1) is 16.4. The number of hydrogen-bond donors (Lipinski definition) is 0. The quantitative estimate of drug-likeness (QED) is 0.613. The Balaban J connectivity index is 1.54. The zero-order chi connectivity index (χ0) is 16.9. The number of benzene rings is 1. The van der Waals surface area contributed by atoms with Gasteiger partial charge in [-0.2, -0.15) is 18.3 Å². The van der Waals surface area contributed by atoms with Gasteiger partial charge in [0.1, 0.15) is 0 Å². The minimum Gasteiger partial charge on any atom is -0.268 e. The predicted octanol–water partition coefficient (Wildman–Crippen LogP) is 6.04. The van der Waals surface area contributed by atoms with Crippen LogP contribution in [0.15, 0.2) is 22.7 Å². The summed E-state index contributed by atoms with van der Waals surface area (Å²) >= 11 is 3.49. The molecule has 0 aliphatic heterocycles. The highest BCUT2D eigenvalue weighted by molar-refractivity contribution is 9.10. The first-order valence-electron chi connectivity index (χ1n) is 8.64. The molecule has 2 nitrogen and oxygen atoms in total. The van der Waals surface area contributed by atoms with Crippen LogP contribution in [0.25, 0.3) is 10.9 Å². The van der Waals surface area contributed by atoms with Gasteiger partial charge in [0.2, 0.25) is 0 Å². The van der Waals surface area contributed by atoms with Gasteiger partial charge in [-0.15, -0.1) is 0 Å². The van der Waals surface area contributed by atoms with Gasteiger partial charge < -0.3 is 0 Å². The molecular formula is C18H20BrF3N2. The Morgan fingerprint density at radius 1 is 1.08 bits per heavy atom. The van der Waals surface area contributed by atoms with Gasteiger partial charge in [-0.25, -0.2) is 0 Å². The lowest BCUT2D eigenvalue weighted by Crippen LogP contribution is -2.29. The molecule has 2 aromatic rings. The molecule has 2 saturated carbocycles. The number of alkyl halides is 3. The maximum Gasteiger partial charge on any atom is 0.391 e. The van der Waals surface area contributed by atoms with Crippen molar-refractivity contribution in [1.29, 1.82) is 0 Å². The highest BCUT2D eigenvalue weighted by atomic mass is 79.9. The molecule has 0 atom stereocenters. The molecule has 0 spiro atoms. The van der Waals surface area contributed by atoms with Gasteiger partial charge in [-0.05, 0) is 62.6 Å². The Bertz CT molecular complexity index is 741. The topological polar surface area (TPSA) is 17.8 Å². The summed E-state index contributed by atoms with van der Waals surface area (Å²) in [6.07, 6.45) is 0.174. The molecule has 2 aliphatic carbocycles. The van der Waals surface area contributed by atoms with Gasteiger partial charge >= 0.3 is 6.18 Å². The average molecular weight is 401 g/mol. The van der Waals surface area contributed by atoms with Gasteiger partial charge in [0.05, 0.1) is 11.4 Å². The fraction of sp³-hybridized carbons (Fsp3) is 0.611. The summed E-state index contributed by atoms with van der Waals surface area (Å²) in [5, 5.41) is 5.96. The average Bonchev–Trinajstić information content (AvgIpc) is 3.29. The highest BCUT2D eigenvalue weighted by Gasteiger charge is 2.41. The minimum absolute atomic E-state index is 0.263. The summed E-state index contributed by atoms with van der Waals surface area (Å²) in [6.45, 7) is 0.753. The van der Waals surface area contributed by atoms with E-state index >= 15 is 0 Å². The van der Waals surface area contributed by atoms with Crippen LogP contribution in [0.1, 0.15) is 50.1 Å². The summed E-state index contributed by atoms with van der Waals surface area (Å²) in [5.74, 6) is -0.231. The number of halogens is 4. The molecule has 1 heterocycles. The molecule has 130 valence electrons. The number of nitrogens with zero attached hydrogens (tertiary/aromatic N) is 2. The molecule has 2 aliphatic rings. The molecular weight excluding hydrogens is 381 g/mol. The van der Waals surface area contributed by atoms with E-state index in [2.05, 4.69) is 26.7 Å². The van der Waals surface area contributed by atoms with E-state index in [9.17, 15) is 13.2 Å². The van der Waals surface area contributed by atoms with E-state index in [1.165, 1.54) is 23.9 Å². The molecule has 0 saturated heterocycles. The molecule has 1 aromatic heterocycles. The Labute approximate surface area is 147 Å². The molecule has 4 rings (SSSR count). The number of aromatic nitrogens is 2. The standard InChI is InChI=1S/C18H20BrF3N2/c19-14-7-8-15-16(9-14)23-24(17(15)12-3-4-12)10-11-1-5-13(6-2-11)18(20,21)22/h7-9,11-13H,1-6,10H2/t11-,13-. The molecule has 0 N–H and O–H groups in total. The number of fused-ring (bicyclic) bond motifs is 1. The predicted molar refractivity (Wildman–Crippen MR) is 90.9 cm³/mol. The lowest BCUT2D eigenvalue weighted by atomic mass is 9.81. The molecule has 2 fully saturated rings. The maximum absolute atomic E-state index is 12.8. The third-order valence-corrected chi connectivity index (χ3v) is 5.94. The highest BCUT2D eigenvalue weighted by Crippen LogP contribution is 2.45. The second-order valence-corrected chi connectivity index (χ2v) is 8.18. The lowest BCUT2D eigenvalue weighted by molar-refractivity contribution is -0.184. The van der Waals surface area contributed by atoms with E-state index in [0.717, 1.165) is 16.5 Å². The van der Waals surface area contributed by atoms with E-state index in [1.54, 1.807) is 0 Å². The summed E-state index contributed by atoms with van der Waals surface area (Å²) in [4.78, 5) is 0. The normalized spacial score (nSPS) is 25.3. The summed E-state index contributed by atoms with van der Waals surface area (Å²) < 4.78 is 41.6. The van der Waals surface area contributed by atoms with Gasteiger partial charge in [-0.3, -0.25) is 4.68 Å². The van der Waals surface area contributed by atoms with Crippen LogP contribution in [0.2, 0.25) is 0 Å². The molecule has 0 unspecified atom stereocenters. The summed E-state index contributed by atoms with van der Waals surface area (Å²) in [5.41, 5.74) is 2.27. The van der Waals surface area contributed by atoms with Gasteiger partial charge in [-0.1, -0.05) is 15.9 Å². The van der Waals surface area contributed by atoms with Crippen molar-refractivity contribution in [1.82, 2.24) is 9.78 Å². The zero-order valence-corrected chi connectivity index (χ0v) is 14.9. The summed E-state index contributed by atoms with van der Waals surface area (Å²) in [6, 6.07) is 6.17. The summed E-state index contributed by atoms with van der Waals surface area (Å²) in [7, 11) is 0. The minimum atomic E-state index is -4.03. The van der Waals surface area contributed by atoms with Crippen LogP contribution in [-0.2, 0) is 6.54 Å². The SMILES string of the molecule is FC(F)(F)[C@H]1CC[C@H](Cn2nc3cc(Br)ccc3c2C2CC2)CC1. The third-order valence-electron chi connectivity index (χ3n) is 5.45. The van der Waals surface area contributed by atoms with Crippen LogP contribution in [0.5, 0.6) is 0 Å². The number of hydrogen-bond acceptors (Lipinski definition) is 1. The molecule has 6 heteroatoms. The largest absolute Gasteiger partial charge is 0.391 e. The first-order chi connectivity index (χ1) is 11.4. The van der Waals surface area contributed by atoms with Crippen molar-refractivity contribution in [2.45, 2.75) is 57.2 Å². The Morgan fingerprint density at radius 2 is 1.79 bits per heavy atom. The van der Waals surface area contributed by atoms with Crippen LogP contribution < -0.4 is 0 Å². The maximum atomic E-state index is 12.8. The van der Waals surface area contributed by atoms with Crippen LogP contribution in [0.4, 0.5) is 13.2 Å². The van der Waals surface area contributed by atoms with Crippen LogP contribution in [0, 0.1) is 11.8 Å². The zero-order valence-electron chi connectivity index (χ0n) is 13.3.